The van der Waals surface area contributed by atoms with Crippen molar-refractivity contribution in [2.45, 2.75) is 13.5 Å². The van der Waals surface area contributed by atoms with Gasteiger partial charge < -0.3 is 9.47 Å². The van der Waals surface area contributed by atoms with Crippen LogP contribution in [0, 0.1) is 0 Å². The summed E-state index contributed by atoms with van der Waals surface area (Å²) in [5.74, 6) is 1.24. The van der Waals surface area contributed by atoms with Crippen molar-refractivity contribution in [2.75, 3.05) is 7.11 Å². The summed E-state index contributed by atoms with van der Waals surface area (Å²) in [6.07, 6.45) is 0.768. The predicted octanol–water partition coefficient (Wildman–Crippen LogP) is 3.29. The first-order chi connectivity index (χ1) is 10.1. The highest BCUT2D eigenvalue weighted by molar-refractivity contribution is 5.94. The lowest BCUT2D eigenvalue weighted by Gasteiger charge is -2.11. The van der Waals surface area contributed by atoms with Crippen LogP contribution in [0.3, 0.4) is 0 Å². The maximum atomic E-state index is 11.4. The van der Waals surface area contributed by atoms with Crippen molar-refractivity contribution >= 4 is 12.1 Å². The Kier molecular flexibility index (Phi) is 4.72. The topological polar surface area (TPSA) is 52.6 Å². The van der Waals surface area contributed by atoms with Crippen LogP contribution in [0.4, 0.5) is 0 Å². The molecule has 0 bridgehead atoms. The summed E-state index contributed by atoms with van der Waals surface area (Å²) in [6, 6.07) is 12.1. The summed E-state index contributed by atoms with van der Waals surface area (Å²) in [5, 5.41) is 0. The zero-order valence-corrected chi connectivity index (χ0v) is 12.0. The number of hydrogen-bond acceptors (Lipinski definition) is 4. The predicted molar refractivity (Wildman–Crippen MR) is 79.2 cm³/mol. The minimum absolute atomic E-state index is 0.0122. The Morgan fingerprint density at radius 3 is 2.67 bits per heavy atom. The number of ether oxygens (including phenoxy) is 2. The van der Waals surface area contributed by atoms with Crippen LogP contribution in [0.15, 0.2) is 42.5 Å². The molecule has 4 nitrogen and oxygen atoms in total. The summed E-state index contributed by atoms with van der Waals surface area (Å²) >= 11 is 0. The normalized spacial score (nSPS) is 10.0. The van der Waals surface area contributed by atoms with Crippen LogP contribution < -0.4 is 9.47 Å². The van der Waals surface area contributed by atoms with Crippen LogP contribution in [-0.2, 0) is 6.61 Å². The standard InChI is InChI=1S/C17H16O4/c1-12(19)14-6-7-17(20-2)15(9-14)11-21-16-5-3-4-13(8-16)10-18/h3-10H,11H2,1-2H3. The molecule has 0 saturated carbocycles. The Bertz CT molecular complexity index is 662. The number of benzene rings is 2. The van der Waals surface area contributed by atoms with Gasteiger partial charge in [0.15, 0.2) is 5.78 Å². The third kappa shape index (κ3) is 3.69. The Morgan fingerprint density at radius 2 is 2.00 bits per heavy atom. The molecule has 0 aliphatic carbocycles. The number of carbonyl (C=O) groups excluding carboxylic acids is 2. The van der Waals surface area contributed by atoms with Crippen LogP contribution in [0.2, 0.25) is 0 Å². The summed E-state index contributed by atoms with van der Waals surface area (Å²) in [6.45, 7) is 1.77. The molecular formula is C17H16O4. The van der Waals surface area contributed by atoms with E-state index in [1.165, 1.54) is 6.92 Å². The zero-order chi connectivity index (χ0) is 15.2. The molecule has 0 N–H and O–H groups in total. The number of ketones is 1. The molecule has 2 aromatic carbocycles. The molecule has 0 aromatic heterocycles. The van der Waals surface area contributed by atoms with E-state index in [0.717, 1.165) is 11.8 Å². The molecule has 108 valence electrons. The molecule has 0 unspecified atom stereocenters. The Labute approximate surface area is 123 Å². The van der Waals surface area contributed by atoms with Gasteiger partial charge in [0.1, 0.15) is 24.4 Å². The fourth-order valence-corrected chi connectivity index (χ4v) is 1.95. The van der Waals surface area contributed by atoms with Crippen LogP contribution in [0.5, 0.6) is 11.5 Å². The summed E-state index contributed by atoms with van der Waals surface area (Å²) in [7, 11) is 1.57. The summed E-state index contributed by atoms with van der Waals surface area (Å²) in [5.41, 5.74) is 1.94. The van der Waals surface area contributed by atoms with E-state index in [9.17, 15) is 9.59 Å². The zero-order valence-electron chi connectivity index (χ0n) is 12.0. The molecule has 0 amide bonds. The molecule has 0 spiro atoms. The van der Waals surface area contributed by atoms with Crippen molar-refractivity contribution in [3.05, 3.63) is 59.2 Å². The van der Waals surface area contributed by atoms with Crippen molar-refractivity contribution in [3.8, 4) is 11.5 Å². The minimum Gasteiger partial charge on any atom is -0.496 e. The lowest BCUT2D eigenvalue weighted by molar-refractivity contribution is 0.101. The number of hydrogen-bond donors (Lipinski definition) is 0. The second kappa shape index (κ2) is 6.70. The Hall–Kier alpha value is -2.62. The number of methoxy groups -OCH3 is 1. The van der Waals surface area contributed by atoms with Crippen molar-refractivity contribution in [1.29, 1.82) is 0 Å². The van der Waals surface area contributed by atoms with E-state index in [4.69, 9.17) is 9.47 Å². The second-order valence-corrected chi connectivity index (χ2v) is 4.56. The molecule has 0 heterocycles. The van der Waals surface area contributed by atoms with E-state index >= 15 is 0 Å². The first kappa shape index (κ1) is 14.8. The molecule has 2 rings (SSSR count). The van der Waals surface area contributed by atoms with E-state index in [2.05, 4.69) is 0 Å². The first-order valence-electron chi connectivity index (χ1n) is 6.50. The SMILES string of the molecule is COc1ccc(C(C)=O)cc1COc1cccc(C=O)c1. The second-order valence-electron chi connectivity index (χ2n) is 4.56. The van der Waals surface area contributed by atoms with Crippen LogP contribution in [0.25, 0.3) is 0 Å². The van der Waals surface area contributed by atoms with Gasteiger partial charge in [0.05, 0.1) is 7.11 Å². The molecule has 0 radical (unpaired) electrons. The van der Waals surface area contributed by atoms with Gasteiger partial charge in [-0.1, -0.05) is 12.1 Å². The highest BCUT2D eigenvalue weighted by Gasteiger charge is 2.08. The number of carbonyl (C=O) groups is 2. The van der Waals surface area contributed by atoms with Crippen molar-refractivity contribution in [2.24, 2.45) is 0 Å². The van der Waals surface area contributed by atoms with Gasteiger partial charge in [-0.15, -0.1) is 0 Å². The van der Waals surface area contributed by atoms with E-state index < -0.39 is 0 Å². The Balaban J connectivity index is 2.19. The fourth-order valence-electron chi connectivity index (χ4n) is 1.95. The average Bonchev–Trinajstić information content (AvgIpc) is 2.52. The smallest absolute Gasteiger partial charge is 0.159 e. The van der Waals surface area contributed by atoms with Gasteiger partial charge in [0, 0.05) is 16.7 Å². The highest BCUT2D eigenvalue weighted by Crippen LogP contribution is 2.22. The van der Waals surface area contributed by atoms with Crippen molar-refractivity contribution in [1.82, 2.24) is 0 Å². The van der Waals surface area contributed by atoms with Gasteiger partial charge >= 0.3 is 0 Å². The fraction of sp³-hybridized carbons (Fsp3) is 0.176. The first-order valence-corrected chi connectivity index (χ1v) is 6.50. The average molecular weight is 284 g/mol. The lowest BCUT2D eigenvalue weighted by atomic mass is 10.1. The third-order valence-electron chi connectivity index (χ3n) is 3.08. The highest BCUT2D eigenvalue weighted by atomic mass is 16.5. The maximum Gasteiger partial charge on any atom is 0.159 e. The lowest BCUT2D eigenvalue weighted by Crippen LogP contribution is -2.02. The van der Waals surface area contributed by atoms with E-state index in [1.54, 1.807) is 49.6 Å². The maximum absolute atomic E-state index is 11.4. The number of aldehydes is 1. The van der Waals surface area contributed by atoms with Crippen molar-refractivity contribution < 1.29 is 19.1 Å². The molecule has 2 aromatic rings. The van der Waals surface area contributed by atoms with Crippen LogP contribution >= 0.6 is 0 Å². The van der Waals surface area contributed by atoms with Gasteiger partial charge in [-0.3, -0.25) is 9.59 Å². The van der Waals surface area contributed by atoms with Crippen LogP contribution in [-0.4, -0.2) is 19.2 Å². The quantitative estimate of drug-likeness (QED) is 0.603. The van der Waals surface area contributed by atoms with Gasteiger partial charge in [-0.25, -0.2) is 0 Å². The largest absolute Gasteiger partial charge is 0.496 e. The van der Waals surface area contributed by atoms with Gasteiger partial charge in [-0.05, 0) is 37.3 Å². The number of Topliss-reactive ketones (excluding diaryl/α,β-unsaturated/α-hetero) is 1. The third-order valence-corrected chi connectivity index (χ3v) is 3.08. The van der Waals surface area contributed by atoms with Gasteiger partial charge in [-0.2, -0.15) is 0 Å². The van der Waals surface area contributed by atoms with Gasteiger partial charge in [0.25, 0.3) is 0 Å². The van der Waals surface area contributed by atoms with Gasteiger partial charge in [0.2, 0.25) is 0 Å². The minimum atomic E-state index is -0.0122. The molecule has 0 fully saturated rings. The Morgan fingerprint density at radius 1 is 1.19 bits per heavy atom. The molecule has 0 saturated heterocycles. The molecule has 0 aliphatic heterocycles. The molecule has 21 heavy (non-hydrogen) atoms. The van der Waals surface area contributed by atoms with Crippen molar-refractivity contribution in [3.63, 3.8) is 0 Å². The molecular weight excluding hydrogens is 268 g/mol. The molecule has 4 heteroatoms. The molecule has 0 aliphatic rings. The van der Waals surface area contributed by atoms with Crippen LogP contribution in [0.1, 0.15) is 33.2 Å². The van der Waals surface area contributed by atoms with E-state index in [1.807, 2.05) is 0 Å². The molecule has 0 atom stereocenters. The summed E-state index contributed by atoms with van der Waals surface area (Å²) in [4.78, 5) is 22.2. The van der Waals surface area contributed by atoms with E-state index in [-0.39, 0.29) is 12.4 Å². The summed E-state index contributed by atoms with van der Waals surface area (Å²) < 4.78 is 10.9. The number of rotatable bonds is 6. The van der Waals surface area contributed by atoms with E-state index in [0.29, 0.717) is 22.6 Å². The monoisotopic (exact) mass is 284 g/mol.